The van der Waals surface area contributed by atoms with E-state index in [-0.39, 0.29) is 11.3 Å². The third kappa shape index (κ3) is 3.03. The molecule has 0 radical (unpaired) electrons. The number of amides is 6. The van der Waals surface area contributed by atoms with Gasteiger partial charge in [-0.1, -0.05) is 0 Å². The van der Waals surface area contributed by atoms with Gasteiger partial charge in [0, 0.05) is 11.3 Å². The molecule has 0 unspecified atom stereocenters. The van der Waals surface area contributed by atoms with Crippen LogP contribution in [0.5, 0.6) is 0 Å². The van der Waals surface area contributed by atoms with Gasteiger partial charge in [-0.15, -0.1) is 0 Å². The predicted octanol–water partition coefficient (Wildman–Crippen LogP) is -1.29. The Kier molecular flexibility index (Phi) is 3.65. The molecule has 9 nitrogen and oxygen atoms in total. The summed E-state index contributed by atoms with van der Waals surface area (Å²) in [5, 5.41) is 5.97. The van der Waals surface area contributed by atoms with Crippen molar-refractivity contribution in [3.05, 3.63) is 29.8 Å². The van der Waals surface area contributed by atoms with Gasteiger partial charge < -0.3 is 11.1 Å². The van der Waals surface area contributed by atoms with Gasteiger partial charge in [-0.25, -0.2) is 4.79 Å². The lowest BCUT2D eigenvalue weighted by Gasteiger charge is -2.19. The SMILES string of the molecule is NC(=O)c1ccc(NC(=O)C2C(=O)NC(=O)NC2=O)cc1. The maximum absolute atomic E-state index is 11.9. The number of primary amides is 1. The molecule has 1 saturated heterocycles. The zero-order chi connectivity index (χ0) is 15.6. The highest BCUT2D eigenvalue weighted by molar-refractivity contribution is 6.28. The van der Waals surface area contributed by atoms with Gasteiger partial charge in [0.15, 0.2) is 5.92 Å². The fourth-order valence-corrected chi connectivity index (χ4v) is 1.69. The van der Waals surface area contributed by atoms with Crippen molar-refractivity contribution in [2.24, 2.45) is 11.7 Å². The van der Waals surface area contributed by atoms with Crippen LogP contribution in [0.15, 0.2) is 24.3 Å². The number of carbonyl (C=O) groups is 5. The van der Waals surface area contributed by atoms with E-state index in [1.807, 2.05) is 10.6 Å². The third-order valence-electron chi connectivity index (χ3n) is 2.70. The minimum Gasteiger partial charge on any atom is -0.366 e. The molecule has 0 spiro atoms. The quantitative estimate of drug-likeness (QED) is 0.511. The third-order valence-corrected chi connectivity index (χ3v) is 2.70. The second-order valence-corrected chi connectivity index (χ2v) is 4.17. The molecule has 6 amide bonds. The van der Waals surface area contributed by atoms with Crippen molar-refractivity contribution in [2.75, 3.05) is 5.32 Å². The van der Waals surface area contributed by atoms with Crippen LogP contribution in [0, 0.1) is 5.92 Å². The minimum atomic E-state index is -1.67. The highest BCUT2D eigenvalue weighted by Gasteiger charge is 2.39. The smallest absolute Gasteiger partial charge is 0.328 e. The summed E-state index contributed by atoms with van der Waals surface area (Å²) >= 11 is 0. The van der Waals surface area contributed by atoms with Crippen molar-refractivity contribution in [3.63, 3.8) is 0 Å². The van der Waals surface area contributed by atoms with E-state index in [4.69, 9.17) is 5.73 Å². The van der Waals surface area contributed by atoms with Crippen molar-refractivity contribution < 1.29 is 24.0 Å². The second kappa shape index (κ2) is 5.41. The molecule has 1 aromatic rings. The van der Waals surface area contributed by atoms with Gasteiger partial charge in [-0.3, -0.25) is 29.8 Å². The Morgan fingerprint density at radius 3 is 2.00 bits per heavy atom. The van der Waals surface area contributed by atoms with Crippen LogP contribution in [0.2, 0.25) is 0 Å². The van der Waals surface area contributed by atoms with Gasteiger partial charge in [-0.05, 0) is 24.3 Å². The zero-order valence-electron chi connectivity index (χ0n) is 10.5. The van der Waals surface area contributed by atoms with Crippen molar-refractivity contribution >= 4 is 35.3 Å². The molecule has 5 N–H and O–H groups in total. The number of anilines is 1. The van der Waals surface area contributed by atoms with Crippen LogP contribution in [0.25, 0.3) is 0 Å². The molecule has 0 aliphatic carbocycles. The number of barbiturate groups is 1. The molecule has 1 heterocycles. The monoisotopic (exact) mass is 290 g/mol. The first-order valence-electron chi connectivity index (χ1n) is 5.75. The molecule has 1 aromatic carbocycles. The Balaban J connectivity index is 2.10. The van der Waals surface area contributed by atoms with E-state index >= 15 is 0 Å². The molecule has 0 atom stereocenters. The summed E-state index contributed by atoms with van der Waals surface area (Å²) in [5.74, 6) is -5.20. The van der Waals surface area contributed by atoms with Gasteiger partial charge in [-0.2, -0.15) is 0 Å². The largest absolute Gasteiger partial charge is 0.366 e. The molecule has 108 valence electrons. The lowest BCUT2D eigenvalue weighted by molar-refractivity contribution is -0.141. The van der Waals surface area contributed by atoms with E-state index in [0.717, 1.165) is 0 Å². The highest BCUT2D eigenvalue weighted by Crippen LogP contribution is 2.12. The Bertz CT molecular complexity index is 632. The first-order chi connectivity index (χ1) is 9.88. The van der Waals surface area contributed by atoms with Crippen LogP contribution in [0.3, 0.4) is 0 Å². The van der Waals surface area contributed by atoms with Gasteiger partial charge in [0.05, 0.1) is 0 Å². The van der Waals surface area contributed by atoms with Gasteiger partial charge in [0.25, 0.3) is 0 Å². The minimum absolute atomic E-state index is 0.242. The van der Waals surface area contributed by atoms with Crippen molar-refractivity contribution in [1.29, 1.82) is 0 Å². The average molecular weight is 290 g/mol. The summed E-state index contributed by atoms with van der Waals surface area (Å²) in [6, 6.07) is 4.56. The molecular formula is C12H10N4O5. The Morgan fingerprint density at radius 1 is 1.00 bits per heavy atom. The summed E-state index contributed by atoms with van der Waals surface area (Å²) in [4.78, 5) is 56.6. The standard InChI is InChI=1S/C12H10N4O5/c13-8(17)5-1-3-6(4-2-5)14-9(18)7-10(19)15-12(21)16-11(7)20/h1-4,7H,(H2,13,17)(H,14,18)(H2,15,16,19,20,21). The van der Waals surface area contributed by atoms with Crippen molar-refractivity contribution in [3.8, 4) is 0 Å². The molecule has 0 bridgehead atoms. The fraction of sp³-hybridized carbons (Fsp3) is 0.0833. The van der Waals surface area contributed by atoms with Gasteiger partial charge >= 0.3 is 6.03 Å². The number of hydrogen-bond acceptors (Lipinski definition) is 5. The van der Waals surface area contributed by atoms with Crippen LogP contribution < -0.4 is 21.7 Å². The maximum Gasteiger partial charge on any atom is 0.328 e. The first-order valence-corrected chi connectivity index (χ1v) is 5.75. The Morgan fingerprint density at radius 2 is 1.52 bits per heavy atom. The molecule has 0 saturated carbocycles. The van der Waals surface area contributed by atoms with E-state index in [1.165, 1.54) is 24.3 Å². The van der Waals surface area contributed by atoms with Crippen LogP contribution in [-0.4, -0.2) is 29.7 Å². The second-order valence-electron chi connectivity index (χ2n) is 4.17. The Labute approximate surface area is 117 Å². The fourth-order valence-electron chi connectivity index (χ4n) is 1.69. The van der Waals surface area contributed by atoms with E-state index in [0.29, 0.717) is 0 Å². The van der Waals surface area contributed by atoms with E-state index < -0.39 is 35.6 Å². The zero-order valence-corrected chi connectivity index (χ0v) is 10.5. The number of rotatable bonds is 3. The number of imide groups is 2. The number of benzene rings is 1. The van der Waals surface area contributed by atoms with Crippen molar-refractivity contribution in [2.45, 2.75) is 0 Å². The van der Waals surface area contributed by atoms with Gasteiger partial charge in [0.1, 0.15) is 0 Å². The summed E-state index contributed by atoms with van der Waals surface area (Å²) in [5.41, 5.74) is 5.58. The van der Waals surface area contributed by atoms with Crippen LogP contribution >= 0.6 is 0 Å². The normalized spacial score (nSPS) is 15.1. The molecule has 1 aliphatic rings. The Hall–Kier alpha value is -3.23. The highest BCUT2D eigenvalue weighted by atomic mass is 16.2. The van der Waals surface area contributed by atoms with Crippen LogP contribution in [-0.2, 0) is 14.4 Å². The molecular weight excluding hydrogens is 280 g/mol. The van der Waals surface area contributed by atoms with E-state index in [9.17, 15) is 24.0 Å². The maximum atomic E-state index is 11.9. The van der Waals surface area contributed by atoms with Crippen LogP contribution in [0.4, 0.5) is 10.5 Å². The summed E-state index contributed by atoms with van der Waals surface area (Å²) in [6.07, 6.45) is 0. The van der Waals surface area contributed by atoms with E-state index in [2.05, 4.69) is 5.32 Å². The average Bonchev–Trinajstić information content (AvgIpc) is 2.37. The molecule has 2 rings (SSSR count). The van der Waals surface area contributed by atoms with E-state index in [1.54, 1.807) is 0 Å². The lowest BCUT2D eigenvalue weighted by Crippen LogP contribution is -2.58. The topological polar surface area (TPSA) is 147 Å². The van der Waals surface area contributed by atoms with Crippen molar-refractivity contribution in [1.82, 2.24) is 10.6 Å². The number of urea groups is 1. The molecule has 1 fully saturated rings. The lowest BCUT2D eigenvalue weighted by atomic mass is 10.1. The molecule has 21 heavy (non-hydrogen) atoms. The number of carbonyl (C=O) groups excluding carboxylic acids is 5. The first kappa shape index (κ1) is 14.2. The summed E-state index contributed by atoms with van der Waals surface area (Å²) in [6.45, 7) is 0. The number of hydrogen-bond donors (Lipinski definition) is 4. The molecule has 0 aromatic heterocycles. The predicted molar refractivity (Wildman–Crippen MR) is 68.8 cm³/mol. The molecule has 9 heteroatoms. The number of nitrogens with one attached hydrogen (secondary N) is 3. The summed E-state index contributed by atoms with van der Waals surface area (Å²) in [7, 11) is 0. The number of nitrogens with two attached hydrogens (primary N) is 1. The summed E-state index contributed by atoms with van der Waals surface area (Å²) < 4.78 is 0. The molecule has 1 aliphatic heterocycles. The van der Waals surface area contributed by atoms with Gasteiger partial charge in [0.2, 0.25) is 23.6 Å². The van der Waals surface area contributed by atoms with Crippen LogP contribution in [0.1, 0.15) is 10.4 Å².